The molecule has 1 aliphatic heterocycles. The van der Waals surface area contributed by atoms with Gasteiger partial charge in [-0.1, -0.05) is 11.3 Å². The van der Waals surface area contributed by atoms with Crippen molar-refractivity contribution in [3.8, 4) is 6.07 Å². The molecule has 0 saturated carbocycles. The number of carbonyl (C=O) groups excluding carboxylic acids is 1. The zero-order valence-corrected chi connectivity index (χ0v) is 17.9. The Morgan fingerprint density at radius 1 is 1.16 bits per heavy atom. The second-order valence-electron chi connectivity index (χ2n) is 6.87. The van der Waals surface area contributed by atoms with Gasteiger partial charge in [0.2, 0.25) is 5.91 Å². The number of nitrogens with one attached hydrogen (secondary N) is 1. The molecule has 1 N–H and O–H groups in total. The molecule has 2 aromatic carbocycles. The van der Waals surface area contributed by atoms with Gasteiger partial charge in [0.15, 0.2) is 0 Å². The van der Waals surface area contributed by atoms with Gasteiger partial charge in [0.1, 0.15) is 6.54 Å². The third-order valence-electron chi connectivity index (χ3n) is 4.87. The van der Waals surface area contributed by atoms with E-state index in [1.165, 1.54) is 47.0 Å². The predicted molar refractivity (Wildman–Crippen MR) is 115 cm³/mol. The molecule has 160 valence electrons. The third-order valence-corrected chi connectivity index (χ3v) is 7.19. The maximum atomic E-state index is 12.7. The standard InChI is InChI=1S/C20H18N4O5S2/c21-12-14-1-3-15(4-2-14)22-31(27,28)16-5-6-17-18(11-16)30-20(26)24(17)13-19(25)23-7-9-29-10-8-23/h1-6,11,22H,7-10,13H2. The fraction of sp³-hybridized carbons (Fsp3) is 0.250. The van der Waals surface area contributed by atoms with E-state index in [4.69, 9.17) is 10.00 Å². The quantitative estimate of drug-likeness (QED) is 0.620. The van der Waals surface area contributed by atoms with E-state index in [0.717, 1.165) is 11.3 Å². The van der Waals surface area contributed by atoms with Crippen molar-refractivity contribution in [1.29, 1.82) is 5.26 Å². The summed E-state index contributed by atoms with van der Waals surface area (Å²) >= 11 is 0.893. The average Bonchev–Trinajstić information content (AvgIpc) is 3.09. The number of hydrogen-bond acceptors (Lipinski definition) is 7. The highest BCUT2D eigenvalue weighted by Gasteiger charge is 2.21. The summed E-state index contributed by atoms with van der Waals surface area (Å²) in [6.07, 6.45) is 0. The number of rotatable bonds is 5. The summed E-state index contributed by atoms with van der Waals surface area (Å²) in [5, 5.41) is 8.85. The molecule has 3 aromatic rings. The molecule has 4 rings (SSSR count). The fourth-order valence-electron chi connectivity index (χ4n) is 3.24. The second kappa shape index (κ2) is 8.50. The highest BCUT2D eigenvalue weighted by molar-refractivity contribution is 7.92. The second-order valence-corrected chi connectivity index (χ2v) is 9.55. The zero-order valence-electron chi connectivity index (χ0n) is 16.3. The van der Waals surface area contributed by atoms with Crippen LogP contribution in [0.1, 0.15) is 5.56 Å². The average molecular weight is 459 g/mol. The number of thiazole rings is 1. The summed E-state index contributed by atoms with van der Waals surface area (Å²) in [5.74, 6) is -0.177. The molecule has 0 unspecified atom stereocenters. The fourth-order valence-corrected chi connectivity index (χ4v) is 5.33. The lowest BCUT2D eigenvalue weighted by molar-refractivity contribution is -0.135. The number of carbonyl (C=O) groups is 1. The number of nitriles is 1. The van der Waals surface area contributed by atoms with Crippen LogP contribution in [0.5, 0.6) is 0 Å². The number of hydrogen-bond donors (Lipinski definition) is 1. The van der Waals surface area contributed by atoms with Crippen LogP contribution in [-0.2, 0) is 26.1 Å². The topological polar surface area (TPSA) is 122 Å². The maximum Gasteiger partial charge on any atom is 0.308 e. The van der Waals surface area contributed by atoms with Crippen molar-refractivity contribution in [3.05, 3.63) is 57.7 Å². The van der Waals surface area contributed by atoms with E-state index < -0.39 is 10.0 Å². The number of nitrogens with zero attached hydrogens (tertiary/aromatic N) is 3. The summed E-state index contributed by atoms with van der Waals surface area (Å²) in [5.41, 5.74) is 1.25. The normalized spacial score (nSPS) is 14.4. The first-order chi connectivity index (χ1) is 14.9. The van der Waals surface area contributed by atoms with Crippen LogP contribution < -0.4 is 9.60 Å². The van der Waals surface area contributed by atoms with Gasteiger partial charge in [-0.25, -0.2) is 8.42 Å². The molecule has 11 heteroatoms. The number of aromatic nitrogens is 1. The molecular weight excluding hydrogens is 440 g/mol. The molecule has 2 heterocycles. The molecule has 0 radical (unpaired) electrons. The summed E-state index contributed by atoms with van der Waals surface area (Å²) in [4.78, 5) is 26.3. The van der Waals surface area contributed by atoms with Crippen LogP contribution in [0.15, 0.2) is 52.2 Å². The van der Waals surface area contributed by atoms with Crippen molar-refractivity contribution in [2.24, 2.45) is 0 Å². The first kappa shape index (κ1) is 21.0. The van der Waals surface area contributed by atoms with Crippen molar-refractivity contribution in [2.45, 2.75) is 11.4 Å². The van der Waals surface area contributed by atoms with Crippen molar-refractivity contribution >= 4 is 43.2 Å². The minimum absolute atomic E-state index is 0.00253. The molecule has 0 atom stereocenters. The molecule has 0 spiro atoms. The van der Waals surface area contributed by atoms with Gasteiger partial charge < -0.3 is 9.64 Å². The first-order valence-electron chi connectivity index (χ1n) is 9.39. The monoisotopic (exact) mass is 458 g/mol. The molecule has 0 bridgehead atoms. The highest BCUT2D eigenvalue weighted by Crippen LogP contribution is 2.24. The number of benzene rings is 2. The van der Waals surface area contributed by atoms with Crippen molar-refractivity contribution < 1.29 is 17.9 Å². The number of sulfonamides is 1. The Labute approximate surface area is 182 Å². The Balaban J connectivity index is 1.58. The van der Waals surface area contributed by atoms with Crippen molar-refractivity contribution in [2.75, 3.05) is 31.0 Å². The van der Waals surface area contributed by atoms with Crippen LogP contribution >= 0.6 is 11.3 Å². The lowest BCUT2D eigenvalue weighted by Gasteiger charge is -2.26. The molecule has 9 nitrogen and oxygen atoms in total. The van der Waals surface area contributed by atoms with E-state index in [0.29, 0.717) is 47.8 Å². The molecule has 1 aromatic heterocycles. The van der Waals surface area contributed by atoms with Crippen molar-refractivity contribution in [3.63, 3.8) is 0 Å². The van der Waals surface area contributed by atoms with Crippen LogP contribution in [0.4, 0.5) is 5.69 Å². The maximum absolute atomic E-state index is 12.7. The van der Waals surface area contributed by atoms with Gasteiger partial charge in [-0.3, -0.25) is 18.9 Å². The van der Waals surface area contributed by atoms with Gasteiger partial charge in [-0.15, -0.1) is 0 Å². The van der Waals surface area contributed by atoms with E-state index in [1.54, 1.807) is 4.90 Å². The Morgan fingerprint density at radius 3 is 2.55 bits per heavy atom. The zero-order chi connectivity index (χ0) is 22.0. The summed E-state index contributed by atoms with van der Waals surface area (Å²) in [6.45, 7) is 1.81. The van der Waals surface area contributed by atoms with E-state index in [2.05, 4.69) is 4.72 Å². The van der Waals surface area contributed by atoms with Gasteiger partial charge in [-0.2, -0.15) is 5.26 Å². The Kier molecular flexibility index (Phi) is 5.77. The van der Waals surface area contributed by atoms with Gasteiger partial charge >= 0.3 is 4.87 Å². The lowest BCUT2D eigenvalue weighted by Crippen LogP contribution is -2.43. The number of amides is 1. The lowest BCUT2D eigenvalue weighted by atomic mass is 10.2. The van der Waals surface area contributed by atoms with Crippen LogP contribution in [0.25, 0.3) is 10.2 Å². The van der Waals surface area contributed by atoms with E-state index in [-0.39, 0.29) is 22.2 Å². The minimum atomic E-state index is -3.89. The number of fused-ring (bicyclic) bond motifs is 1. The smallest absolute Gasteiger partial charge is 0.308 e. The molecule has 31 heavy (non-hydrogen) atoms. The van der Waals surface area contributed by atoms with E-state index in [9.17, 15) is 18.0 Å². The Morgan fingerprint density at radius 2 is 1.87 bits per heavy atom. The molecule has 1 fully saturated rings. The van der Waals surface area contributed by atoms with Gasteiger partial charge in [0.05, 0.1) is 40.0 Å². The Hall–Kier alpha value is -3.20. The highest BCUT2D eigenvalue weighted by atomic mass is 32.2. The molecule has 1 saturated heterocycles. The summed E-state index contributed by atoms with van der Waals surface area (Å²) in [7, 11) is -3.89. The van der Waals surface area contributed by atoms with Crippen LogP contribution in [0, 0.1) is 11.3 Å². The van der Waals surface area contributed by atoms with Crippen molar-refractivity contribution in [1.82, 2.24) is 9.47 Å². The van der Waals surface area contributed by atoms with Crippen LogP contribution in [0.3, 0.4) is 0 Å². The largest absolute Gasteiger partial charge is 0.378 e. The number of anilines is 1. The molecule has 1 aliphatic rings. The van der Waals surface area contributed by atoms with Crippen LogP contribution in [-0.4, -0.2) is 50.1 Å². The SMILES string of the molecule is N#Cc1ccc(NS(=O)(=O)c2ccc3c(c2)sc(=O)n3CC(=O)N2CCOCC2)cc1. The number of morpholine rings is 1. The Bertz CT molecular complexity index is 1330. The molecule has 1 amide bonds. The van der Waals surface area contributed by atoms with E-state index in [1.807, 2.05) is 6.07 Å². The predicted octanol–water partition coefficient (Wildman–Crippen LogP) is 1.59. The molecular formula is C20H18N4O5S2. The number of ether oxygens (including phenoxy) is 1. The van der Waals surface area contributed by atoms with Gasteiger partial charge in [-0.05, 0) is 42.5 Å². The van der Waals surface area contributed by atoms with Gasteiger partial charge in [0, 0.05) is 18.8 Å². The minimum Gasteiger partial charge on any atom is -0.378 e. The van der Waals surface area contributed by atoms with Gasteiger partial charge in [0.25, 0.3) is 10.0 Å². The summed E-state index contributed by atoms with van der Waals surface area (Å²) in [6, 6.07) is 12.3. The third kappa shape index (κ3) is 4.46. The van der Waals surface area contributed by atoms with Crippen LogP contribution in [0.2, 0.25) is 0 Å². The molecule has 0 aliphatic carbocycles. The summed E-state index contributed by atoms with van der Waals surface area (Å²) < 4.78 is 35.0. The first-order valence-corrected chi connectivity index (χ1v) is 11.7. The van der Waals surface area contributed by atoms with E-state index >= 15 is 0 Å².